The van der Waals surface area contributed by atoms with Gasteiger partial charge in [0.1, 0.15) is 6.04 Å². The molecule has 39 heavy (non-hydrogen) atoms. The number of hydrogen-bond donors (Lipinski definition) is 5. The van der Waals surface area contributed by atoms with E-state index in [0.717, 1.165) is 11.1 Å². The summed E-state index contributed by atoms with van der Waals surface area (Å²) in [4.78, 5) is 64.4. The molecule has 0 bridgehead atoms. The SMILES string of the molecule is CNC(=O)C(=O)[C@@H](C[C@H]1CCNC1=O)NC(=O)[C@H](CC(C)C)NC(=O)C1(O)c2ccccc2-c2ccccc21. The number of carbonyl (C=O) groups is 5. The van der Waals surface area contributed by atoms with Gasteiger partial charge in [0.15, 0.2) is 5.60 Å². The van der Waals surface area contributed by atoms with Crippen LogP contribution >= 0.6 is 0 Å². The number of nitrogens with one attached hydrogen (secondary N) is 4. The quantitative estimate of drug-likeness (QED) is 0.284. The van der Waals surface area contributed by atoms with E-state index >= 15 is 0 Å². The number of rotatable bonds is 10. The Morgan fingerprint density at radius 1 is 0.974 bits per heavy atom. The molecule has 10 nitrogen and oxygen atoms in total. The van der Waals surface area contributed by atoms with Crippen LogP contribution in [0.3, 0.4) is 0 Å². The minimum atomic E-state index is -2.03. The van der Waals surface area contributed by atoms with Gasteiger partial charge in [-0.05, 0) is 36.3 Å². The molecule has 0 saturated carbocycles. The third-order valence-electron chi connectivity index (χ3n) is 7.35. The van der Waals surface area contributed by atoms with Crippen LogP contribution in [0.1, 0.15) is 44.2 Å². The monoisotopic (exact) mass is 534 g/mol. The lowest BCUT2D eigenvalue weighted by atomic mass is 9.89. The Morgan fingerprint density at radius 2 is 1.56 bits per heavy atom. The van der Waals surface area contributed by atoms with Crippen molar-refractivity contribution in [2.45, 2.75) is 50.8 Å². The summed E-state index contributed by atoms with van der Waals surface area (Å²) in [5.74, 6) is -4.03. The highest BCUT2D eigenvalue weighted by Gasteiger charge is 2.48. The highest BCUT2D eigenvalue weighted by atomic mass is 16.3. The molecule has 0 unspecified atom stereocenters. The third-order valence-corrected chi connectivity index (χ3v) is 7.35. The summed E-state index contributed by atoms with van der Waals surface area (Å²) in [7, 11) is 1.31. The van der Waals surface area contributed by atoms with Crippen LogP contribution in [0.15, 0.2) is 48.5 Å². The summed E-state index contributed by atoms with van der Waals surface area (Å²) in [5.41, 5.74) is 0.241. The molecular formula is C29H34N4O6. The molecule has 1 fully saturated rings. The number of carbonyl (C=O) groups excluding carboxylic acids is 5. The fourth-order valence-corrected chi connectivity index (χ4v) is 5.36. The van der Waals surface area contributed by atoms with Gasteiger partial charge in [0.05, 0.1) is 6.04 Å². The molecule has 0 radical (unpaired) electrons. The van der Waals surface area contributed by atoms with Crippen LogP contribution in [0.25, 0.3) is 11.1 Å². The zero-order chi connectivity index (χ0) is 28.3. The molecular weight excluding hydrogens is 500 g/mol. The summed E-state index contributed by atoms with van der Waals surface area (Å²) in [6.07, 6.45) is 0.642. The van der Waals surface area contributed by atoms with Gasteiger partial charge >= 0.3 is 0 Å². The zero-order valence-corrected chi connectivity index (χ0v) is 22.2. The maximum atomic E-state index is 13.8. The van der Waals surface area contributed by atoms with Gasteiger partial charge in [-0.1, -0.05) is 62.4 Å². The lowest BCUT2D eigenvalue weighted by Crippen LogP contribution is -2.57. The molecule has 0 spiro atoms. The third kappa shape index (κ3) is 5.42. The van der Waals surface area contributed by atoms with E-state index in [4.69, 9.17) is 0 Å². The van der Waals surface area contributed by atoms with Crippen molar-refractivity contribution in [1.82, 2.24) is 21.3 Å². The molecule has 1 aliphatic carbocycles. The molecule has 1 aliphatic heterocycles. The van der Waals surface area contributed by atoms with Gasteiger partial charge in [-0.3, -0.25) is 24.0 Å². The summed E-state index contributed by atoms with van der Waals surface area (Å²) in [6.45, 7) is 4.20. The molecule has 1 heterocycles. The highest BCUT2D eigenvalue weighted by molar-refractivity contribution is 6.38. The van der Waals surface area contributed by atoms with E-state index in [1.165, 1.54) is 7.05 Å². The normalized spacial score (nSPS) is 18.4. The second kappa shape index (κ2) is 11.4. The zero-order valence-electron chi connectivity index (χ0n) is 22.2. The van der Waals surface area contributed by atoms with Crippen LogP contribution < -0.4 is 21.3 Å². The van der Waals surface area contributed by atoms with Crippen molar-refractivity contribution >= 4 is 29.4 Å². The number of aliphatic hydroxyl groups is 1. The van der Waals surface area contributed by atoms with Crippen LogP contribution in [0, 0.1) is 11.8 Å². The van der Waals surface area contributed by atoms with E-state index in [2.05, 4.69) is 21.3 Å². The van der Waals surface area contributed by atoms with E-state index in [0.29, 0.717) is 24.1 Å². The van der Waals surface area contributed by atoms with Crippen LogP contribution in [-0.4, -0.2) is 60.2 Å². The predicted molar refractivity (Wildman–Crippen MR) is 143 cm³/mol. The Morgan fingerprint density at radius 3 is 2.08 bits per heavy atom. The lowest BCUT2D eigenvalue weighted by molar-refractivity contribution is -0.142. The Labute approximate surface area is 226 Å². The van der Waals surface area contributed by atoms with E-state index in [-0.39, 0.29) is 24.7 Å². The maximum absolute atomic E-state index is 13.8. The van der Waals surface area contributed by atoms with Gasteiger partial charge in [0.2, 0.25) is 17.6 Å². The summed E-state index contributed by atoms with van der Waals surface area (Å²) < 4.78 is 0. The molecule has 5 N–H and O–H groups in total. The lowest BCUT2D eigenvalue weighted by Gasteiger charge is -2.29. The van der Waals surface area contributed by atoms with Gasteiger partial charge in [0.25, 0.3) is 11.8 Å². The summed E-state index contributed by atoms with van der Waals surface area (Å²) >= 11 is 0. The van der Waals surface area contributed by atoms with E-state index in [9.17, 15) is 29.1 Å². The molecule has 2 aromatic rings. The Bertz CT molecular complexity index is 1260. The van der Waals surface area contributed by atoms with Crippen molar-refractivity contribution in [1.29, 1.82) is 0 Å². The van der Waals surface area contributed by atoms with Crippen molar-refractivity contribution in [2.24, 2.45) is 11.8 Å². The first-order valence-electron chi connectivity index (χ1n) is 13.1. The molecule has 206 valence electrons. The van der Waals surface area contributed by atoms with Crippen LogP contribution in [-0.2, 0) is 29.6 Å². The van der Waals surface area contributed by atoms with E-state index < -0.39 is 47.1 Å². The molecule has 2 aliphatic rings. The fraction of sp³-hybridized carbons (Fsp3) is 0.414. The minimum absolute atomic E-state index is 0.0347. The van der Waals surface area contributed by atoms with Crippen molar-refractivity contribution in [2.75, 3.05) is 13.6 Å². The van der Waals surface area contributed by atoms with Gasteiger partial charge < -0.3 is 26.4 Å². The first kappa shape index (κ1) is 28.0. The molecule has 4 amide bonds. The minimum Gasteiger partial charge on any atom is -0.372 e. The molecule has 4 rings (SSSR count). The number of hydrogen-bond acceptors (Lipinski definition) is 6. The number of benzene rings is 2. The van der Waals surface area contributed by atoms with Crippen LogP contribution in [0.4, 0.5) is 0 Å². The maximum Gasteiger partial charge on any atom is 0.289 e. The molecule has 0 aromatic heterocycles. The second-order valence-electron chi connectivity index (χ2n) is 10.5. The summed E-state index contributed by atoms with van der Waals surface area (Å²) in [5, 5.41) is 22.1. The van der Waals surface area contributed by atoms with E-state index in [1.807, 2.05) is 38.1 Å². The number of Topliss-reactive ketones (excluding diaryl/α,β-unsaturated/α-hetero) is 1. The number of likely N-dealkylation sites (N-methyl/N-ethyl adjacent to an activating group) is 1. The van der Waals surface area contributed by atoms with Crippen molar-refractivity contribution in [3.8, 4) is 11.1 Å². The van der Waals surface area contributed by atoms with Crippen LogP contribution in [0.2, 0.25) is 0 Å². The van der Waals surface area contributed by atoms with Crippen molar-refractivity contribution in [3.63, 3.8) is 0 Å². The Hall–Kier alpha value is -4.05. The largest absolute Gasteiger partial charge is 0.372 e. The fourth-order valence-electron chi connectivity index (χ4n) is 5.36. The van der Waals surface area contributed by atoms with Crippen molar-refractivity contribution < 1.29 is 29.1 Å². The predicted octanol–water partition coefficient (Wildman–Crippen LogP) is 0.760. The second-order valence-corrected chi connectivity index (χ2v) is 10.5. The average molecular weight is 535 g/mol. The smallest absolute Gasteiger partial charge is 0.289 e. The number of amides is 4. The van der Waals surface area contributed by atoms with Crippen LogP contribution in [0.5, 0.6) is 0 Å². The molecule has 3 atom stereocenters. The molecule has 10 heteroatoms. The van der Waals surface area contributed by atoms with E-state index in [1.54, 1.807) is 24.3 Å². The summed E-state index contributed by atoms with van der Waals surface area (Å²) in [6, 6.07) is 11.7. The highest BCUT2D eigenvalue weighted by Crippen LogP contribution is 2.47. The topological polar surface area (TPSA) is 154 Å². The van der Waals surface area contributed by atoms with Gasteiger partial charge in [-0.15, -0.1) is 0 Å². The van der Waals surface area contributed by atoms with Gasteiger partial charge in [-0.2, -0.15) is 0 Å². The van der Waals surface area contributed by atoms with Gasteiger partial charge in [0, 0.05) is 30.6 Å². The first-order chi connectivity index (χ1) is 18.6. The Kier molecular flexibility index (Phi) is 8.15. The number of ketones is 1. The van der Waals surface area contributed by atoms with Gasteiger partial charge in [-0.25, -0.2) is 0 Å². The average Bonchev–Trinajstić information content (AvgIpc) is 3.45. The Balaban J connectivity index is 1.60. The standard InChI is InChI=1S/C29H34N4O6/c1-16(2)14-23(26(36)32-22(24(34)27(37)30-3)15-17-12-13-31-25(17)35)33-28(38)29(39)20-10-6-4-8-18(20)19-9-5-7-11-21(19)29/h4-11,16-17,22-23,39H,12-15H2,1-3H3,(H,30,37)(H,31,35)(H,32,36)(H,33,38)/t17-,22-,23+/m1/s1. The number of fused-ring (bicyclic) bond motifs is 3. The molecule has 2 aromatic carbocycles. The van der Waals surface area contributed by atoms with Crippen molar-refractivity contribution in [3.05, 3.63) is 59.7 Å². The first-order valence-corrected chi connectivity index (χ1v) is 13.1. The molecule has 1 saturated heterocycles.